The van der Waals surface area contributed by atoms with Gasteiger partial charge in [-0.15, -0.1) is 0 Å². The van der Waals surface area contributed by atoms with Crippen molar-refractivity contribution in [3.8, 4) is 0 Å². The number of benzene rings is 4. The van der Waals surface area contributed by atoms with Crippen molar-refractivity contribution in [2.24, 2.45) is 0 Å². The second-order valence-electron chi connectivity index (χ2n) is 7.41. The predicted octanol–water partition coefficient (Wildman–Crippen LogP) is 5.37. The van der Waals surface area contributed by atoms with E-state index < -0.39 is 13.3 Å². The van der Waals surface area contributed by atoms with Crippen LogP contribution in [0.1, 0.15) is 0 Å². The molecule has 0 radical (unpaired) electrons. The van der Waals surface area contributed by atoms with Crippen LogP contribution < -0.4 is 21.2 Å². The summed E-state index contributed by atoms with van der Waals surface area (Å²) in [6.45, 7) is 2.46. The Morgan fingerprint density at radius 3 is 1.21 bits per heavy atom. The zero-order valence-electron chi connectivity index (χ0n) is 16.6. The van der Waals surface area contributed by atoms with Gasteiger partial charge in [-0.05, 0) is 34.9 Å². The second kappa shape index (κ2) is 8.76. The molecular weight excluding hydrogens is 406 g/mol. The summed E-state index contributed by atoms with van der Waals surface area (Å²) >= 11 is 6.62. The molecule has 4 aromatic rings. The van der Waals surface area contributed by atoms with E-state index in [1.165, 1.54) is 21.2 Å². The quantitative estimate of drug-likeness (QED) is 0.370. The van der Waals surface area contributed by atoms with Gasteiger partial charge < -0.3 is 0 Å². The first kappa shape index (κ1) is 20.2. The second-order valence-corrected chi connectivity index (χ2v) is 16.3. The Morgan fingerprint density at radius 2 is 0.862 bits per heavy atom. The van der Waals surface area contributed by atoms with Crippen molar-refractivity contribution in [3.05, 3.63) is 121 Å². The molecule has 0 aliphatic heterocycles. The SMILES string of the molecule is C[P+](CP(=S)(c1ccccc1)c1ccccc1)(c1ccccc1)c1ccccc1. The van der Waals surface area contributed by atoms with Gasteiger partial charge in [0.1, 0.15) is 5.90 Å². The highest BCUT2D eigenvalue weighted by atomic mass is 32.4. The highest BCUT2D eigenvalue weighted by Crippen LogP contribution is 2.64. The minimum atomic E-state index is -1.99. The molecule has 0 aliphatic carbocycles. The average molecular weight is 432 g/mol. The maximum atomic E-state index is 6.62. The maximum absolute atomic E-state index is 6.62. The van der Waals surface area contributed by atoms with Crippen molar-refractivity contribution in [1.29, 1.82) is 0 Å². The molecule has 0 saturated carbocycles. The molecule has 0 aromatic heterocycles. The standard InChI is InChI=1S/C26H25P2S/c1-27(23-14-6-2-7-15-23,24-16-8-3-9-17-24)22-28(29,25-18-10-4-11-19-25)26-20-12-5-13-21-26/h2-21H,22H2,1H3/q+1. The number of rotatable bonds is 6. The molecule has 0 atom stereocenters. The van der Waals surface area contributed by atoms with Crippen molar-refractivity contribution in [1.82, 2.24) is 0 Å². The molecule has 0 amide bonds. The summed E-state index contributed by atoms with van der Waals surface area (Å²) in [5, 5.41) is 5.46. The van der Waals surface area contributed by atoms with Gasteiger partial charge in [-0.2, -0.15) is 0 Å². The monoisotopic (exact) mass is 431 g/mol. The normalized spacial score (nSPS) is 11.9. The van der Waals surface area contributed by atoms with Crippen LogP contribution in [-0.4, -0.2) is 12.6 Å². The van der Waals surface area contributed by atoms with Gasteiger partial charge in [-0.1, -0.05) is 109 Å². The van der Waals surface area contributed by atoms with Gasteiger partial charge in [0.15, 0.2) is 0 Å². The first-order valence-corrected chi connectivity index (χ1v) is 15.2. The summed E-state index contributed by atoms with van der Waals surface area (Å²) in [6, 6.07) is 41.6. The molecule has 0 N–H and O–H groups in total. The molecule has 0 spiro atoms. The topological polar surface area (TPSA) is 0 Å². The summed E-state index contributed by atoms with van der Waals surface area (Å²) in [6.07, 6.45) is 0. The summed E-state index contributed by atoms with van der Waals surface area (Å²) in [5.74, 6) is 1.01. The molecule has 0 unspecified atom stereocenters. The fourth-order valence-electron chi connectivity index (χ4n) is 3.87. The fourth-order valence-corrected chi connectivity index (χ4v) is 16.0. The van der Waals surface area contributed by atoms with Gasteiger partial charge in [0.25, 0.3) is 0 Å². The van der Waals surface area contributed by atoms with Gasteiger partial charge >= 0.3 is 0 Å². The molecule has 0 fully saturated rings. The number of hydrogen-bond acceptors (Lipinski definition) is 1. The van der Waals surface area contributed by atoms with Gasteiger partial charge in [-0.25, -0.2) is 0 Å². The predicted molar refractivity (Wildman–Crippen MR) is 136 cm³/mol. The lowest BCUT2D eigenvalue weighted by atomic mass is 10.4. The first-order chi connectivity index (χ1) is 14.1. The molecule has 4 rings (SSSR count). The van der Waals surface area contributed by atoms with E-state index in [1.807, 2.05) is 0 Å². The summed E-state index contributed by atoms with van der Waals surface area (Å²) in [5.41, 5.74) is 0. The van der Waals surface area contributed by atoms with Crippen LogP contribution >= 0.6 is 13.3 Å². The molecule has 3 heteroatoms. The zero-order chi connectivity index (χ0) is 20.2. The average Bonchev–Trinajstić information content (AvgIpc) is 2.81. The Hall–Kier alpha value is -2.04. The number of hydrogen-bond donors (Lipinski definition) is 0. The maximum Gasteiger partial charge on any atom is 0.104 e. The van der Waals surface area contributed by atoms with Gasteiger partial charge in [0.2, 0.25) is 0 Å². The van der Waals surface area contributed by atoms with Crippen molar-refractivity contribution >= 4 is 46.3 Å². The first-order valence-electron chi connectivity index (χ1n) is 9.80. The molecule has 0 saturated heterocycles. The minimum absolute atomic E-state index is 1.01. The largest absolute Gasteiger partial charge is 0.104 e. The van der Waals surface area contributed by atoms with E-state index in [0.717, 1.165) is 5.90 Å². The van der Waals surface area contributed by atoms with Crippen molar-refractivity contribution in [2.75, 3.05) is 12.6 Å². The van der Waals surface area contributed by atoms with Gasteiger partial charge in [-0.3, -0.25) is 0 Å². The van der Waals surface area contributed by atoms with E-state index in [2.05, 4.69) is 128 Å². The van der Waals surface area contributed by atoms with Crippen LogP contribution in [0.15, 0.2) is 121 Å². The fraction of sp³-hybridized carbons (Fsp3) is 0.0769. The lowest BCUT2D eigenvalue weighted by Gasteiger charge is -2.31. The van der Waals surface area contributed by atoms with E-state index in [-0.39, 0.29) is 0 Å². The highest BCUT2D eigenvalue weighted by Gasteiger charge is 2.43. The van der Waals surface area contributed by atoms with E-state index in [1.54, 1.807) is 0 Å². The molecule has 4 aromatic carbocycles. The third-order valence-corrected chi connectivity index (χ3v) is 16.8. The summed E-state index contributed by atoms with van der Waals surface area (Å²) < 4.78 is 0. The smallest absolute Gasteiger partial charge is 0.0837 e. The molecule has 144 valence electrons. The van der Waals surface area contributed by atoms with E-state index in [9.17, 15) is 0 Å². The van der Waals surface area contributed by atoms with Crippen molar-refractivity contribution < 1.29 is 0 Å². The van der Waals surface area contributed by atoms with Gasteiger partial charge in [0.05, 0.1) is 24.5 Å². The Balaban J connectivity index is 1.92. The Labute approximate surface area is 180 Å². The highest BCUT2D eigenvalue weighted by molar-refractivity contribution is 8.25. The molecule has 29 heavy (non-hydrogen) atoms. The molecule has 0 nitrogen and oxygen atoms in total. The molecule has 0 bridgehead atoms. The lowest BCUT2D eigenvalue weighted by Crippen LogP contribution is -2.28. The lowest BCUT2D eigenvalue weighted by molar-refractivity contribution is 1.71. The van der Waals surface area contributed by atoms with E-state index in [4.69, 9.17) is 11.8 Å². The van der Waals surface area contributed by atoms with E-state index >= 15 is 0 Å². The van der Waals surface area contributed by atoms with Crippen LogP contribution in [0.3, 0.4) is 0 Å². The van der Waals surface area contributed by atoms with Crippen LogP contribution in [0.5, 0.6) is 0 Å². The third-order valence-electron chi connectivity index (χ3n) is 5.48. The molecule has 0 heterocycles. The van der Waals surface area contributed by atoms with Gasteiger partial charge in [0, 0.05) is 6.04 Å². The minimum Gasteiger partial charge on any atom is -0.0837 e. The van der Waals surface area contributed by atoms with Crippen LogP contribution in [-0.2, 0) is 11.8 Å². The Kier molecular flexibility index (Phi) is 6.12. The zero-order valence-corrected chi connectivity index (χ0v) is 19.2. The van der Waals surface area contributed by atoms with Crippen LogP contribution in [0.2, 0.25) is 0 Å². The molecular formula is C26H25P2S+. The Morgan fingerprint density at radius 1 is 0.552 bits per heavy atom. The summed E-state index contributed by atoms with van der Waals surface area (Å²) in [7, 11) is -1.68. The van der Waals surface area contributed by atoms with Crippen molar-refractivity contribution in [2.45, 2.75) is 0 Å². The van der Waals surface area contributed by atoms with Crippen LogP contribution in [0, 0.1) is 0 Å². The van der Waals surface area contributed by atoms with Crippen LogP contribution in [0.25, 0.3) is 0 Å². The third kappa shape index (κ3) is 4.15. The van der Waals surface area contributed by atoms with Crippen molar-refractivity contribution in [3.63, 3.8) is 0 Å². The van der Waals surface area contributed by atoms with E-state index in [0.29, 0.717) is 0 Å². The molecule has 0 aliphatic rings. The Bertz CT molecular complexity index is 1010. The van der Waals surface area contributed by atoms with Crippen LogP contribution in [0.4, 0.5) is 0 Å². The summed E-state index contributed by atoms with van der Waals surface area (Å²) in [4.78, 5) is 0.